The molecule has 2 fully saturated rings. The van der Waals surface area contributed by atoms with Gasteiger partial charge < -0.3 is 14.4 Å². The van der Waals surface area contributed by atoms with Crippen LogP contribution in [-0.2, 0) is 15.9 Å². The fraction of sp³-hybridized carbons (Fsp3) is 0.435. The van der Waals surface area contributed by atoms with Crippen molar-refractivity contribution < 1.29 is 18.7 Å². The van der Waals surface area contributed by atoms with Crippen molar-refractivity contribution in [3.05, 3.63) is 71.0 Å². The van der Waals surface area contributed by atoms with Crippen LogP contribution < -0.4 is 0 Å². The van der Waals surface area contributed by atoms with Crippen molar-refractivity contribution >= 4 is 6.09 Å². The third kappa shape index (κ3) is 3.40. The zero-order valence-electron chi connectivity index (χ0n) is 16.5. The van der Waals surface area contributed by atoms with E-state index in [1.165, 1.54) is 17.7 Å². The molecule has 2 aromatic rings. The Labute approximate surface area is 170 Å². The molecule has 152 valence electrons. The highest BCUT2D eigenvalue weighted by Crippen LogP contribution is 2.37. The first-order valence-corrected chi connectivity index (χ1v) is 10.2. The van der Waals surface area contributed by atoms with Crippen LogP contribution in [0.5, 0.6) is 0 Å². The van der Waals surface area contributed by atoms with Crippen LogP contribution in [0.4, 0.5) is 9.18 Å². The molecule has 5 rings (SSSR count). The van der Waals surface area contributed by atoms with E-state index in [0.29, 0.717) is 13.2 Å². The standard InChI is InChI=1S/C23H25FN2O3/c1-25-12-19-20(13-25)28-14-21(19)29-23(27)26-11-10-15-4-2-3-5-18(15)22(26)16-6-8-17(24)9-7-16/h2-9,19-22H,10-14H2,1H3/t19-,20+,21?,22-/m0/s1. The molecule has 0 aliphatic carbocycles. The number of likely N-dealkylation sites (tertiary alicyclic amines) is 1. The summed E-state index contributed by atoms with van der Waals surface area (Å²) < 4.78 is 25.3. The first-order valence-electron chi connectivity index (χ1n) is 10.2. The van der Waals surface area contributed by atoms with Gasteiger partial charge in [0.2, 0.25) is 0 Å². The number of benzene rings is 2. The van der Waals surface area contributed by atoms with Crippen LogP contribution in [0.25, 0.3) is 0 Å². The summed E-state index contributed by atoms with van der Waals surface area (Å²) in [6, 6.07) is 14.3. The molecule has 2 aromatic carbocycles. The minimum atomic E-state index is -0.322. The number of rotatable bonds is 2. The summed E-state index contributed by atoms with van der Waals surface area (Å²) in [6.07, 6.45) is 0.382. The second-order valence-electron chi connectivity index (χ2n) is 8.28. The molecule has 0 bridgehead atoms. The number of likely N-dealkylation sites (N-methyl/N-ethyl adjacent to an activating group) is 1. The molecule has 3 heterocycles. The number of amides is 1. The summed E-state index contributed by atoms with van der Waals surface area (Å²) >= 11 is 0. The third-order valence-corrected chi connectivity index (χ3v) is 6.40. The molecular formula is C23H25FN2O3. The molecule has 29 heavy (non-hydrogen) atoms. The van der Waals surface area contributed by atoms with Crippen molar-refractivity contribution in [3.63, 3.8) is 0 Å². The summed E-state index contributed by atoms with van der Waals surface area (Å²) in [5, 5.41) is 0. The highest BCUT2D eigenvalue weighted by atomic mass is 19.1. The predicted octanol–water partition coefficient (Wildman–Crippen LogP) is 3.24. The molecule has 3 aliphatic heterocycles. The van der Waals surface area contributed by atoms with Crippen LogP contribution in [-0.4, -0.2) is 61.4 Å². The zero-order valence-corrected chi connectivity index (χ0v) is 16.5. The minimum absolute atomic E-state index is 0.146. The molecule has 2 saturated heterocycles. The van der Waals surface area contributed by atoms with Gasteiger partial charge in [0.05, 0.1) is 18.8 Å². The van der Waals surface area contributed by atoms with Gasteiger partial charge in [0.25, 0.3) is 0 Å². The molecule has 0 aromatic heterocycles. The van der Waals surface area contributed by atoms with Crippen LogP contribution in [0.3, 0.4) is 0 Å². The fourth-order valence-corrected chi connectivity index (χ4v) is 4.96. The van der Waals surface area contributed by atoms with Crippen LogP contribution in [0.15, 0.2) is 48.5 Å². The lowest BCUT2D eigenvalue weighted by Crippen LogP contribution is -2.43. The van der Waals surface area contributed by atoms with E-state index in [-0.39, 0.29) is 36.1 Å². The van der Waals surface area contributed by atoms with Gasteiger partial charge in [-0.15, -0.1) is 0 Å². The number of nitrogens with zero attached hydrogens (tertiary/aromatic N) is 2. The quantitative estimate of drug-likeness (QED) is 0.782. The van der Waals surface area contributed by atoms with Crippen LogP contribution in [0, 0.1) is 11.7 Å². The van der Waals surface area contributed by atoms with E-state index in [0.717, 1.165) is 30.6 Å². The maximum absolute atomic E-state index is 13.5. The average molecular weight is 396 g/mol. The number of hydrogen-bond donors (Lipinski definition) is 0. The maximum Gasteiger partial charge on any atom is 0.410 e. The number of hydrogen-bond acceptors (Lipinski definition) is 4. The molecule has 1 amide bonds. The Morgan fingerprint density at radius 2 is 1.93 bits per heavy atom. The Morgan fingerprint density at radius 3 is 2.76 bits per heavy atom. The topological polar surface area (TPSA) is 42.0 Å². The highest BCUT2D eigenvalue weighted by molar-refractivity contribution is 5.70. The summed E-state index contributed by atoms with van der Waals surface area (Å²) in [5.41, 5.74) is 3.17. The largest absolute Gasteiger partial charge is 0.443 e. The van der Waals surface area contributed by atoms with Gasteiger partial charge in [-0.3, -0.25) is 4.90 Å². The van der Waals surface area contributed by atoms with Gasteiger partial charge >= 0.3 is 6.09 Å². The predicted molar refractivity (Wildman–Crippen MR) is 106 cm³/mol. The molecule has 1 unspecified atom stereocenters. The molecule has 3 aliphatic rings. The van der Waals surface area contributed by atoms with Crippen molar-refractivity contribution in [2.75, 3.05) is 33.3 Å². The molecule has 0 spiro atoms. The van der Waals surface area contributed by atoms with E-state index >= 15 is 0 Å². The SMILES string of the molecule is CN1C[C@@H]2C(OC(=O)N3CCc4ccccc4[C@@H]3c3ccc(F)cc3)CO[C@@H]2C1. The minimum Gasteiger partial charge on any atom is -0.443 e. The van der Waals surface area contributed by atoms with E-state index < -0.39 is 0 Å². The highest BCUT2D eigenvalue weighted by Gasteiger charge is 2.46. The van der Waals surface area contributed by atoms with E-state index in [9.17, 15) is 9.18 Å². The molecular weight excluding hydrogens is 371 g/mol. The Hall–Kier alpha value is -2.44. The normalized spacial score (nSPS) is 28.8. The van der Waals surface area contributed by atoms with Crippen molar-refractivity contribution in [2.24, 2.45) is 5.92 Å². The van der Waals surface area contributed by atoms with Gasteiger partial charge in [0.15, 0.2) is 0 Å². The van der Waals surface area contributed by atoms with E-state index in [1.807, 2.05) is 18.2 Å². The second kappa shape index (κ2) is 7.43. The molecule has 0 N–H and O–H groups in total. The summed E-state index contributed by atoms with van der Waals surface area (Å²) in [4.78, 5) is 17.2. The lowest BCUT2D eigenvalue weighted by Gasteiger charge is -2.37. The monoisotopic (exact) mass is 396 g/mol. The molecule has 6 heteroatoms. The molecule has 5 nitrogen and oxygen atoms in total. The summed E-state index contributed by atoms with van der Waals surface area (Å²) in [5.74, 6) is -0.0585. The molecule has 0 radical (unpaired) electrons. The first-order chi connectivity index (χ1) is 14.1. The maximum atomic E-state index is 13.5. The van der Waals surface area contributed by atoms with Gasteiger partial charge in [-0.1, -0.05) is 36.4 Å². The van der Waals surface area contributed by atoms with Crippen molar-refractivity contribution in [3.8, 4) is 0 Å². The summed E-state index contributed by atoms with van der Waals surface area (Å²) in [7, 11) is 2.06. The van der Waals surface area contributed by atoms with Crippen LogP contribution in [0.2, 0.25) is 0 Å². The molecule has 4 atom stereocenters. The van der Waals surface area contributed by atoms with Gasteiger partial charge in [0, 0.05) is 25.6 Å². The van der Waals surface area contributed by atoms with Crippen LogP contribution in [0.1, 0.15) is 22.7 Å². The average Bonchev–Trinajstić information content (AvgIpc) is 3.27. The van der Waals surface area contributed by atoms with Gasteiger partial charge in [-0.25, -0.2) is 9.18 Å². The lowest BCUT2D eigenvalue weighted by atomic mass is 9.88. The smallest absolute Gasteiger partial charge is 0.410 e. The van der Waals surface area contributed by atoms with Crippen molar-refractivity contribution in [2.45, 2.75) is 24.7 Å². The Morgan fingerprint density at radius 1 is 1.14 bits per heavy atom. The second-order valence-corrected chi connectivity index (χ2v) is 8.28. The Kier molecular flexibility index (Phi) is 4.76. The number of fused-ring (bicyclic) bond motifs is 2. The van der Waals surface area contributed by atoms with E-state index in [1.54, 1.807) is 17.0 Å². The van der Waals surface area contributed by atoms with Gasteiger partial charge in [0.1, 0.15) is 11.9 Å². The number of ether oxygens (including phenoxy) is 2. The summed E-state index contributed by atoms with van der Waals surface area (Å²) in [6.45, 7) is 2.79. The Balaban J connectivity index is 1.42. The number of carbonyl (C=O) groups is 1. The lowest BCUT2D eigenvalue weighted by molar-refractivity contribution is 0.0294. The van der Waals surface area contributed by atoms with Gasteiger partial charge in [-0.2, -0.15) is 0 Å². The molecule has 0 saturated carbocycles. The number of carbonyl (C=O) groups excluding carboxylic acids is 1. The van der Waals surface area contributed by atoms with Crippen LogP contribution >= 0.6 is 0 Å². The van der Waals surface area contributed by atoms with E-state index in [4.69, 9.17) is 9.47 Å². The van der Waals surface area contributed by atoms with Crippen molar-refractivity contribution in [1.29, 1.82) is 0 Å². The number of halogens is 1. The first kappa shape index (κ1) is 18.6. The Bertz CT molecular complexity index is 903. The fourth-order valence-electron chi connectivity index (χ4n) is 4.96. The van der Waals surface area contributed by atoms with E-state index in [2.05, 4.69) is 18.0 Å². The third-order valence-electron chi connectivity index (χ3n) is 6.40. The van der Waals surface area contributed by atoms with Gasteiger partial charge in [-0.05, 0) is 42.3 Å². The zero-order chi connectivity index (χ0) is 20.0. The van der Waals surface area contributed by atoms with Crippen molar-refractivity contribution in [1.82, 2.24) is 9.80 Å².